The van der Waals surface area contributed by atoms with Crippen LogP contribution in [-0.2, 0) is 21.2 Å². The Balaban J connectivity index is 1.71. The molecule has 1 aromatic carbocycles. The minimum absolute atomic E-state index is 0.0238. The Morgan fingerprint density at radius 3 is 2.61 bits per heavy atom. The minimum Gasteiger partial charge on any atom is -0.376 e. The maximum atomic E-state index is 12.8. The van der Waals surface area contributed by atoms with E-state index in [1.807, 2.05) is 30.2 Å². The van der Waals surface area contributed by atoms with Crippen LogP contribution < -0.4 is 10.2 Å². The van der Waals surface area contributed by atoms with Crippen molar-refractivity contribution in [2.75, 3.05) is 13.6 Å². The van der Waals surface area contributed by atoms with Crippen LogP contribution in [0.1, 0.15) is 31.7 Å². The van der Waals surface area contributed by atoms with Gasteiger partial charge in [-0.05, 0) is 43.0 Å². The normalized spacial score (nSPS) is 22.2. The van der Waals surface area contributed by atoms with Gasteiger partial charge >= 0.3 is 0 Å². The van der Waals surface area contributed by atoms with Gasteiger partial charge in [0.2, 0.25) is 10.0 Å². The monoisotopic (exact) mass is 405 g/mol. The molecule has 152 valence electrons. The molecule has 0 spiro atoms. The molecule has 1 aromatic rings. The van der Waals surface area contributed by atoms with Crippen molar-refractivity contribution >= 4 is 15.9 Å². The second kappa shape index (κ2) is 8.46. The Bertz CT molecular complexity index is 891. The van der Waals surface area contributed by atoms with Gasteiger partial charge in [0.1, 0.15) is 0 Å². The van der Waals surface area contributed by atoms with E-state index in [1.54, 1.807) is 23.7 Å². The molecule has 2 unspecified atom stereocenters. The number of rotatable bonds is 6. The average molecular weight is 406 g/mol. The number of allylic oxidation sites excluding steroid dienone is 3. The summed E-state index contributed by atoms with van der Waals surface area (Å²) in [6.45, 7) is 2.65. The minimum atomic E-state index is -3.62. The van der Waals surface area contributed by atoms with Crippen molar-refractivity contribution in [3.63, 3.8) is 0 Å². The number of nitrogens with zero attached hydrogens (tertiary/aromatic N) is 1. The molecule has 28 heavy (non-hydrogen) atoms. The first-order valence-electron chi connectivity index (χ1n) is 9.51. The smallest absolute Gasteiger partial charge is 0.270 e. The molecular weight excluding hydrogens is 378 g/mol. The average Bonchev–Trinajstić information content (AvgIpc) is 2.67. The third-order valence-electron chi connectivity index (χ3n) is 5.33. The van der Waals surface area contributed by atoms with Crippen LogP contribution in [0.25, 0.3) is 0 Å². The highest BCUT2D eigenvalue weighted by atomic mass is 32.2. The fourth-order valence-electron chi connectivity index (χ4n) is 3.99. The molecule has 1 heterocycles. The van der Waals surface area contributed by atoms with E-state index < -0.39 is 15.9 Å². The molecule has 2 atom stereocenters. The van der Waals surface area contributed by atoms with E-state index in [-0.39, 0.29) is 16.9 Å². The molecule has 2 aliphatic rings. The van der Waals surface area contributed by atoms with Crippen LogP contribution in [0.2, 0.25) is 0 Å². The van der Waals surface area contributed by atoms with Crippen molar-refractivity contribution in [2.45, 2.75) is 43.5 Å². The molecular formula is C20H27N3O4S. The summed E-state index contributed by atoms with van der Waals surface area (Å²) in [7, 11) is -1.70. The Kier molecular flexibility index (Phi) is 6.22. The van der Waals surface area contributed by atoms with E-state index in [1.165, 1.54) is 0 Å². The van der Waals surface area contributed by atoms with E-state index in [0.717, 1.165) is 24.1 Å². The zero-order valence-corrected chi connectivity index (χ0v) is 17.0. The van der Waals surface area contributed by atoms with Crippen LogP contribution in [0.4, 0.5) is 0 Å². The Morgan fingerprint density at radius 1 is 1.25 bits per heavy atom. The highest BCUT2D eigenvalue weighted by Gasteiger charge is 2.34. The van der Waals surface area contributed by atoms with Crippen molar-refractivity contribution in [2.24, 2.45) is 5.92 Å². The van der Waals surface area contributed by atoms with E-state index >= 15 is 0 Å². The zero-order chi connectivity index (χ0) is 20.3. The lowest BCUT2D eigenvalue weighted by Crippen LogP contribution is -2.49. The van der Waals surface area contributed by atoms with Gasteiger partial charge in [-0.1, -0.05) is 31.6 Å². The standard InChI is InChI=1S/C20H27N3O4S/c1-3-4-14-5-8-18(9-6-14)28(26,27)22-17-12-16-11-15(20(24)21-25)7-10-19(16)23(2)13-17/h5-10,16-17,22,25H,3-4,11-13H2,1-2H3,(H,21,24). The van der Waals surface area contributed by atoms with Gasteiger partial charge in [-0.3, -0.25) is 10.0 Å². The lowest BCUT2D eigenvalue weighted by atomic mass is 9.82. The van der Waals surface area contributed by atoms with Crippen molar-refractivity contribution in [3.8, 4) is 0 Å². The summed E-state index contributed by atoms with van der Waals surface area (Å²) in [6, 6.07) is 6.76. The molecule has 1 amide bonds. The number of hydroxylamine groups is 1. The van der Waals surface area contributed by atoms with Crippen molar-refractivity contribution in [1.82, 2.24) is 15.1 Å². The van der Waals surface area contributed by atoms with Crippen molar-refractivity contribution < 1.29 is 18.4 Å². The van der Waals surface area contributed by atoms with E-state index in [9.17, 15) is 13.2 Å². The highest BCUT2D eigenvalue weighted by Crippen LogP contribution is 2.35. The molecule has 0 radical (unpaired) electrons. The molecule has 1 saturated heterocycles. The third kappa shape index (κ3) is 4.45. The summed E-state index contributed by atoms with van der Waals surface area (Å²) in [4.78, 5) is 14.0. The lowest BCUT2D eigenvalue weighted by molar-refractivity contribution is -0.125. The van der Waals surface area contributed by atoms with Crippen LogP contribution >= 0.6 is 0 Å². The van der Waals surface area contributed by atoms with Crippen molar-refractivity contribution in [1.29, 1.82) is 0 Å². The quantitative estimate of drug-likeness (QED) is 0.496. The number of likely N-dealkylation sites (tertiary alicyclic amines) is 1. The first-order chi connectivity index (χ1) is 13.3. The fraction of sp³-hybridized carbons (Fsp3) is 0.450. The van der Waals surface area contributed by atoms with Gasteiger partial charge in [-0.15, -0.1) is 0 Å². The summed E-state index contributed by atoms with van der Waals surface area (Å²) in [5.74, 6) is -0.497. The van der Waals surface area contributed by atoms with Crippen LogP contribution in [0.15, 0.2) is 52.6 Å². The number of carbonyl (C=O) groups is 1. The number of aryl methyl sites for hydroxylation is 1. The molecule has 1 fully saturated rings. The molecule has 3 rings (SSSR count). The zero-order valence-electron chi connectivity index (χ0n) is 16.2. The van der Waals surface area contributed by atoms with E-state index in [2.05, 4.69) is 11.6 Å². The second-order valence-corrected chi connectivity index (χ2v) is 9.17. The third-order valence-corrected chi connectivity index (χ3v) is 6.87. The number of piperidine rings is 1. The fourth-order valence-corrected chi connectivity index (χ4v) is 5.23. The predicted octanol–water partition coefficient (Wildman–Crippen LogP) is 1.96. The molecule has 8 heteroatoms. The van der Waals surface area contributed by atoms with Gasteiger partial charge in [-0.2, -0.15) is 0 Å². The van der Waals surface area contributed by atoms with Gasteiger partial charge in [-0.25, -0.2) is 18.6 Å². The maximum absolute atomic E-state index is 12.8. The van der Waals surface area contributed by atoms with Gasteiger partial charge in [0.15, 0.2) is 0 Å². The molecule has 3 N–H and O–H groups in total. The molecule has 7 nitrogen and oxygen atoms in total. The number of hydrogen-bond donors (Lipinski definition) is 3. The number of carbonyl (C=O) groups excluding carboxylic acids is 1. The van der Waals surface area contributed by atoms with Crippen LogP contribution in [0.5, 0.6) is 0 Å². The van der Waals surface area contributed by atoms with Crippen LogP contribution in [0.3, 0.4) is 0 Å². The van der Waals surface area contributed by atoms with Crippen LogP contribution in [-0.4, -0.2) is 44.1 Å². The second-order valence-electron chi connectivity index (χ2n) is 7.45. The first-order valence-corrected chi connectivity index (χ1v) is 11.0. The molecule has 0 bridgehead atoms. The SMILES string of the molecule is CCCc1ccc(S(=O)(=O)NC2CC3CC(C(=O)NO)=CC=C3N(C)C2)cc1. The van der Waals surface area contributed by atoms with Gasteiger partial charge in [0.25, 0.3) is 5.91 Å². The predicted molar refractivity (Wildman–Crippen MR) is 106 cm³/mol. The van der Waals surface area contributed by atoms with E-state index in [0.29, 0.717) is 25.0 Å². The first kappa shape index (κ1) is 20.6. The number of fused-ring (bicyclic) bond motifs is 1. The molecule has 0 saturated carbocycles. The summed E-state index contributed by atoms with van der Waals surface area (Å²) >= 11 is 0. The summed E-state index contributed by atoms with van der Waals surface area (Å²) in [6.07, 6.45) is 6.58. The van der Waals surface area contributed by atoms with Gasteiger partial charge in [0, 0.05) is 36.8 Å². The number of likely N-dealkylation sites (N-methyl/N-ethyl adjacent to an activating group) is 1. The highest BCUT2D eigenvalue weighted by molar-refractivity contribution is 7.89. The van der Waals surface area contributed by atoms with Gasteiger partial charge in [0.05, 0.1) is 4.90 Å². The number of hydrogen-bond acceptors (Lipinski definition) is 5. The molecule has 0 aromatic heterocycles. The topological polar surface area (TPSA) is 98.7 Å². The summed E-state index contributed by atoms with van der Waals surface area (Å²) < 4.78 is 28.4. The van der Waals surface area contributed by atoms with E-state index in [4.69, 9.17) is 5.21 Å². The molecule has 1 aliphatic heterocycles. The Hall–Kier alpha value is -2.16. The summed E-state index contributed by atoms with van der Waals surface area (Å²) in [5, 5.41) is 8.86. The maximum Gasteiger partial charge on any atom is 0.270 e. The number of amides is 1. The largest absolute Gasteiger partial charge is 0.376 e. The Morgan fingerprint density at radius 2 is 1.96 bits per heavy atom. The van der Waals surface area contributed by atoms with Crippen LogP contribution in [0, 0.1) is 5.92 Å². The Labute approximate surface area is 166 Å². The number of nitrogens with one attached hydrogen (secondary N) is 2. The number of sulfonamides is 1. The molecule has 1 aliphatic carbocycles. The van der Waals surface area contributed by atoms with Crippen molar-refractivity contribution in [3.05, 3.63) is 53.3 Å². The van der Waals surface area contributed by atoms with Gasteiger partial charge < -0.3 is 4.90 Å². The lowest BCUT2D eigenvalue weighted by Gasteiger charge is -2.41. The summed E-state index contributed by atoms with van der Waals surface area (Å²) in [5.41, 5.74) is 4.35. The number of benzene rings is 1.